The first-order valence-corrected chi connectivity index (χ1v) is 10.8. The van der Waals surface area contributed by atoms with Crippen molar-refractivity contribution in [3.8, 4) is 5.75 Å². The van der Waals surface area contributed by atoms with Crippen molar-refractivity contribution in [3.63, 3.8) is 0 Å². The maximum absolute atomic E-state index is 12.7. The van der Waals surface area contributed by atoms with Gasteiger partial charge in [0.2, 0.25) is 5.91 Å². The van der Waals surface area contributed by atoms with Crippen LogP contribution in [0.1, 0.15) is 25.3 Å². The maximum atomic E-state index is 12.7. The highest BCUT2D eigenvalue weighted by Crippen LogP contribution is 2.29. The van der Waals surface area contributed by atoms with Gasteiger partial charge >= 0.3 is 0 Å². The second-order valence-electron chi connectivity index (χ2n) is 7.54. The zero-order valence-corrected chi connectivity index (χ0v) is 19.0. The summed E-state index contributed by atoms with van der Waals surface area (Å²) in [5.41, 5.74) is 7.47. The normalized spacial score (nSPS) is 18.1. The minimum atomic E-state index is -0.125. The Morgan fingerprint density at radius 3 is 2.63 bits per heavy atom. The summed E-state index contributed by atoms with van der Waals surface area (Å²) in [6, 6.07) is 7.64. The largest absolute Gasteiger partial charge is 0.497 e. The van der Waals surface area contributed by atoms with Gasteiger partial charge in [-0.1, -0.05) is 12.1 Å². The number of ketones is 1. The molecule has 0 radical (unpaired) electrons. The van der Waals surface area contributed by atoms with Crippen LogP contribution in [0.3, 0.4) is 0 Å². The summed E-state index contributed by atoms with van der Waals surface area (Å²) >= 11 is 1.35. The van der Waals surface area contributed by atoms with E-state index in [4.69, 9.17) is 10.5 Å². The molecule has 0 spiro atoms. The monoisotopic (exact) mass is 432 g/mol. The van der Waals surface area contributed by atoms with Crippen molar-refractivity contribution in [2.45, 2.75) is 26.3 Å². The van der Waals surface area contributed by atoms with E-state index in [0.717, 1.165) is 30.7 Å². The molecule has 0 aromatic heterocycles. The second-order valence-corrected chi connectivity index (χ2v) is 8.65. The topological polar surface area (TPSA) is 87.9 Å². The first-order chi connectivity index (χ1) is 14.3. The van der Waals surface area contributed by atoms with Gasteiger partial charge in [0.1, 0.15) is 5.75 Å². The summed E-state index contributed by atoms with van der Waals surface area (Å²) in [6.45, 7) is 3.61. The van der Waals surface area contributed by atoms with Gasteiger partial charge in [-0.15, -0.1) is 0 Å². The van der Waals surface area contributed by atoms with E-state index >= 15 is 0 Å². The van der Waals surface area contributed by atoms with Gasteiger partial charge in [-0.05, 0) is 49.4 Å². The molecule has 30 heavy (non-hydrogen) atoms. The Morgan fingerprint density at radius 2 is 2.03 bits per heavy atom. The summed E-state index contributed by atoms with van der Waals surface area (Å²) in [5, 5.41) is 3.02. The molecule has 1 saturated heterocycles. The first-order valence-electron chi connectivity index (χ1n) is 9.99. The Labute approximate surface area is 183 Å². The Kier molecular flexibility index (Phi) is 9.26. The van der Waals surface area contributed by atoms with E-state index in [1.807, 2.05) is 38.4 Å². The van der Waals surface area contributed by atoms with Crippen molar-refractivity contribution in [1.29, 1.82) is 0 Å². The number of allylic oxidation sites excluding steroid dienone is 3. The average Bonchev–Trinajstić information content (AvgIpc) is 2.74. The number of ether oxygens (including phenoxy) is 1. The van der Waals surface area contributed by atoms with Crippen LogP contribution in [0, 0.1) is 5.92 Å². The lowest BCUT2D eigenvalue weighted by atomic mass is 9.99. The first kappa shape index (κ1) is 23.8. The van der Waals surface area contributed by atoms with Crippen LogP contribution in [-0.2, 0) is 16.1 Å². The van der Waals surface area contributed by atoms with Crippen LogP contribution in [0.5, 0.6) is 5.75 Å². The Hall–Kier alpha value is -2.45. The molecule has 164 valence electrons. The lowest BCUT2D eigenvalue weighted by Gasteiger charge is -2.31. The molecule has 0 aliphatic carbocycles. The molecule has 3 N–H and O–H groups in total. The van der Waals surface area contributed by atoms with Crippen LogP contribution in [0.15, 0.2) is 47.1 Å². The summed E-state index contributed by atoms with van der Waals surface area (Å²) < 4.78 is 7.22. The molecule has 1 amide bonds. The van der Waals surface area contributed by atoms with Crippen molar-refractivity contribution >= 4 is 23.6 Å². The third-order valence-corrected chi connectivity index (χ3v) is 6.00. The van der Waals surface area contributed by atoms with Crippen LogP contribution in [-0.4, -0.2) is 55.2 Å². The molecule has 8 heteroatoms. The standard InChI is InChI=1S/C22H32N4O3S/c1-16(23)21(20(27)11-13-25(2)3)30-26-12-5-6-18(15-26)22(28)24-14-17-7-9-19(29-4)10-8-17/h7-11,13,18H,5-6,12,14-15,23H2,1-4H3,(H,24,28)/b13-11+,21-16?. The number of nitrogens with two attached hydrogens (primary N) is 1. The zero-order chi connectivity index (χ0) is 22.1. The average molecular weight is 433 g/mol. The van der Waals surface area contributed by atoms with E-state index in [1.54, 1.807) is 25.1 Å². The van der Waals surface area contributed by atoms with Gasteiger partial charge in [0.15, 0.2) is 5.78 Å². The van der Waals surface area contributed by atoms with E-state index in [-0.39, 0.29) is 17.6 Å². The fourth-order valence-corrected chi connectivity index (χ4v) is 4.08. The predicted octanol–water partition coefficient (Wildman–Crippen LogP) is 2.51. The van der Waals surface area contributed by atoms with E-state index in [9.17, 15) is 9.59 Å². The summed E-state index contributed by atoms with van der Waals surface area (Å²) in [7, 11) is 5.34. The van der Waals surface area contributed by atoms with Crippen molar-refractivity contribution in [1.82, 2.24) is 14.5 Å². The number of benzene rings is 1. The number of carbonyl (C=O) groups is 2. The smallest absolute Gasteiger partial charge is 0.224 e. The lowest BCUT2D eigenvalue weighted by molar-refractivity contribution is -0.126. The third-order valence-electron chi connectivity index (χ3n) is 4.71. The molecule has 1 aromatic carbocycles. The molecule has 2 rings (SSSR count). The minimum absolute atomic E-state index is 0.0324. The number of nitrogens with one attached hydrogen (secondary N) is 1. The highest BCUT2D eigenvalue weighted by atomic mass is 32.2. The number of hydrogen-bond acceptors (Lipinski definition) is 7. The number of methoxy groups -OCH3 is 1. The number of rotatable bonds is 9. The van der Waals surface area contributed by atoms with E-state index in [2.05, 4.69) is 9.62 Å². The van der Waals surface area contributed by atoms with Crippen LogP contribution >= 0.6 is 11.9 Å². The van der Waals surface area contributed by atoms with Crippen LogP contribution < -0.4 is 15.8 Å². The second kappa shape index (κ2) is 11.7. The van der Waals surface area contributed by atoms with Crippen molar-refractivity contribution < 1.29 is 14.3 Å². The molecule has 1 unspecified atom stereocenters. The fourth-order valence-electron chi connectivity index (χ4n) is 3.05. The molecule has 0 bridgehead atoms. The Bertz CT molecular complexity index is 786. The summed E-state index contributed by atoms with van der Waals surface area (Å²) in [6.07, 6.45) is 4.95. The van der Waals surface area contributed by atoms with Crippen LogP contribution in [0.4, 0.5) is 0 Å². The molecule has 1 atom stereocenters. The molecule has 0 saturated carbocycles. The number of piperidine rings is 1. The van der Waals surface area contributed by atoms with Crippen LogP contribution in [0.25, 0.3) is 0 Å². The van der Waals surface area contributed by atoms with Gasteiger partial charge < -0.3 is 20.7 Å². The quantitative estimate of drug-likeness (QED) is 0.458. The number of nitrogens with zero attached hydrogens (tertiary/aromatic N) is 2. The highest BCUT2D eigenvalue weighted by Gasteiger charge is 2.27. The Morgan fingerprint density at radius 1 is 1.33 bits per heavy atom. The van der Waals surface area contributed by atoms with Gasteiger partial charge in [0.05, 0.1) is 17.9 Å². The molecular formula is C22H32N4O3S. The zero-order valence-electron chi connectivity index (χ0n) is 18.2. The lowest BCUT2D eigenvalue weighted by Crippen LogP contribution is -2.40. The van der Waals surface area contributed by atoms with Gasteiger partial charge in [-0.25, -0.2) is 4.31 Å². The number of hydrogen-bond donors (Lipinski definition) is 2. The molecule has 1 fully saturated rings. The van der Waals surface area contributed by atoms with Crippen molar-refractivity contribution in [3.05, 3.63) is 52.7 Å². The molecule has 1 heterocycles. The van der Waals surface area contributed by atoms with Crippen molar-refractivity contribution in [2.75, 3.05) is 34.3 Å². The van der Waals surface area contributed by atoms with Gasteiger partial charge in [0.25, 0.3) is 0 Å². The highest BCUT2D eigenvalue weighted by molar-refractivity contribution is 8.01. The molecule has 1 aliphatic rings. The van der Waals surface area contributed by atoms with Crippen LogP contribution in [0.2, 0.25) is 0 Å². The van der Waals surface area contributed by atoms with Gasteiger partial charge in [0, 0.05) is 51.7 Å². The SMILES string of the molecule is COc1ccc(CNC(=O)C2CCCN(SC(C(=O)/C=C/N(C)C)=C(C)N)C2)cc1. The minimum Gasteiger partial charge on any atom is -0.497 e. The third kappa shape index (κ3) is 7.42. The van der Waals surface area contributed by atoms with Crippen molar-refractivity contribution in [2.24, 2.45) is 11.7 Å². The molecular weight excluding hydrogens is 400 g/mol. The summed E-state index contributed by atoms with van der Waals surface area (Å²) in [4.78, 5) is 27.5. The van der Waals surface area contributed by atoms with E-state index < -0.39 is 0 Å². The molecule has 7 nitrogen and oxygen atoms in total. The van der Waals surface area contributed by atoms with E-state index in [1.165, 1.54) is 18.0 Å². The number of carbonyl (C=O) groups excluding carboxylic acids is 2. The molecule has 1 aliphatic heterocycles. The van der Waals surface area contributed by atoms with E-state index in [0.29, 0.717) is 23.7 Å². The van der Waals surface area contributed by atoms with Gasteiger partial charge in [-0.2, -0.15) is 0 Å². The molecule has 1 aromatic rings. The summed E-state index contributed by atoms with van der Waals surface area (Å²) in [5.74, 6) is 0.583. The fraction of sp³-hybridized carbons (Fsp3) is 0.455. The predicted molar refractivity (Wildman–Crippen MR) is 121 cm³/mol. The van der Waals surface area contributed by atoms with Gasteiger partial charge in [-0.3, -0.25) is 9.59 Å². The Balaban J connectivity index is 1.92. The number of amides is 1. The maximum Gasteiger partial charge on any atom is 0.224 e.